The number of carbonyl (C=O) groups excluding carboxylic acids is 1. The van der Waals surface area contributed by atoms with Gasteiger partial charge in [0.15, 0.2) is 0 Å². The van der Waals surface area contributed by atoms with Crippen LogP contribution in [0.25, 0.3) is 5.69 Å². The summed E-state index contributed by atoms with van der Waals surface area (Å²) in [5.74, 6) is 0.612. The quantitative estimate of drug-likeness (QED) is 0.899. The Morgan fingerprint density at radius 1 is 1.32 bits per heavy atom. The molecule has 1 aliphatic carbocycles. The normalized spacial score (nSPS) is 17.2. The van der Waals surface area contributed by atoms with Crippen LogP contribution in [0.15, 0.2) is 30.5 Å². The van der Waals surface area contributed by atoms with Gasteiger partial charge in [0, 0.05) is 11.3 Å². The van der Waals surface area contributed by atoms with E-state index in [1.165, 1.54) is 16.8 Å². The minimum atomic E-state index is 0.0889. The summed E-state index contributed by atoms with van der Waals surface area (Å²) in [4.78, 5) is 12.0. The van der Waals surface area contributed by atoms with Crippen LogP contribution >= 0.6 is 11.8 Å². The van der Waals surface area contributed by atoms with Crippen molar-refractivity contribution in [2.24, 2.45) is 0 Å². The van der Waals surface area contributed by atoms with E-state index in [2.05, 4.69) is 55.5 Å². The third-order valence-corrected chi connectivity index (χ3v) is 5.32. The van der Waals surface area contributed by atoms with Crippen LogP contribution in [0.4, 0.5) is 0 Å². The topological polar surface area (TPSA) is 46.9 Å². The van der Waals surface area contributed by atoms with Gasteiger partial charge in [-0.2, -0.15) is 16.9 Å². The number of carbonyl (C=O) groups is 1. The van der Waals surface area contributed by atoms with Gasteiger partial charge in [-0.3, -0.25) is 4.79 Å². The lowest BCUT2D eigenvalue weighted by Gasteiger charge is -2.24. The maximum Gasteiger partial charge on any atom is 0.230 e. The second kappa shape index (κ2) is 7.24. The van der Waals surface area contributed by atoms with E-state index in [9.17, 15) is 4.79 Å². The zero-order valence-electron chi connectivity index (χ0n) is 15.5. The van der Waals surface area contributed by atoms with E-state index in [-0.39, 0.29) is 17.4 Å². The smallest absolute Gasteiger partial charge is 0.230 e. The third kappa shape index (κ3) is 3.92. The van der Waals surface area contributed by atoms with Gasteiger partial charge in [-0.25, -0.2) is 4.68 Å². The third-order valence-electron chi connectivity index (χ3n) is 4.77. The molecule has 134 valence electrons. The van der Waals surface area contributed by atoms with E-state index in [1.807, 2.05) is 17.1 Å². The Hall–Kier alpha value is -1.75. The Balaban J connectivity index is 1.86. The first-order chi connectivity index (χ1) is 11.9. The van der Waals surface area contributed by atoms with Crippen LogP contribution in [-0.2, 0) is 16.6 Å². The van der Waals surface area contributed by atoms with Crippen LogP contribution in [0, 0.1) is 0 Å². The standard InChI is InChI=1S/C20H27N3OS/c1-20(2,3)14-8-10-15(11-9-14)23-18-7-5-6-17(16(18)12-21-23)22-19(24)13-25-4/h8-12,17H,5-7,13H2,1-4H3,(H,22,24)/t17-/m0/s1. The Kier molecular flexibility index (Phi) is 5.23. The second-order valence-electron chi connectivity index (χ2n) is 7.70. The number of nitrogens with one attached hydrogen (secondary N) is 1. The molecule has 25 heavy (non-hydrogen) atoms. The van der Waals surface area contributed by atoms with Crippen molar-refractivity contribution in [3.63, 3.8) is 0 Å². The lowest BCUT2D eigenvalue weighted by atomic mass is 9.87. The second-order valence-corrected chi connectivity index (χ2v) is 8.57. The fraction of sp³-hybridized carbons (Fsp3) is 0.500. The van der Waals surface area contributed by atoms with Crippen molar-refractivity contribution in [3.8, 4) is 5.69 Å². The van der Waals surface area contributed by atoms with Gasteiger partial charge < -0.3 is 5.32 Å². The summed E-state index contributed by atoms with van der Waals surface area (Å²) in [5.41, 5.74) is 4.95. The van der Waals surface area contributed by atoms with Crippen molar-refractivity contribution in [2.75, 3.05) is 12.0 Å². The molecule has 0 saturated carbocycles. The molecule has 1 aromatic heterocycles. The fourth-order valence-electron chi connectivity index (χ4n) is 3.40. The average molecular weight is 358 g/mol. The first kappa shape index (κ1) is 18.1. The number of hydrogen-bond acceptors (Lipinski definition) is 3. The summed E-state index contributed by atoms with van der Waals surface area (Å²) in [6, 6.07) is 8.74. The summed E-state index contributed by atoms with van der Waals surface area (Å²) in [7, 11) is 0. The number of nitrogens with zero attached hydrogens (tertiary/aromatic N) is 2. The summed E-state index contributed by atoms with van der Waals surface area (Å²) in [6.07, 6.45) is 6.94. The molecule has 5 heteroatoms. The van der Waals surface area contributed by atoms with Gasteiger partial charge in [0.05, 0.1) is 23.7 Å². The van der Waals surface area contributed by atoms with Crippen molar-refractivity contribution >= 4 is 17.7 Å². The van der Waals surface area contributed by atoms with Gasteiger partial charge in [0.2, 0.25) is 5.91 Å². The molecule has 4 nitrogen and oxygen atoms in total. The predicted octanol–water partition coefficient (Wildman–Crippen LogP) is 4.03. The molecule has 1 aromatic carbocycles. The highest BCUT2D eigenvalue weighted by atomic mass is 32.2. The van der Waals surface area contributed by atoms with Crippen LogP contribution in [0.5, 0.6) is 0 Å². The molecule has 0 spiro atoms. The van der Waals surface area contributed by atoms with E-state index in [0.717, 1.165) is 24.9 Å². The van der Waals surface area contributed by atoms with Crippen LogP contribution < -0.4 is 5.32 Å². The number of thioether (sulfide) groups is 1. The monoisotopic (exact) mass is 357 g/mol. The van der Waals surface area contributed by atoms with Crippen molar-refractivity contribution in [1.82, 2.24) is 15.1 Å². The molecular weight excluding hydrogens is 330 g/mol. The van der Waals surface area contributed by atoms with Crippen LogP contribution in [0.2, 0.25) is 0 Å². The first-order valence-corrected chi connectivity index (χ1v) is 10.3. The van der Waals surface area contributed by atoms with Crippen molar-refractivity contribution in [2.45, 2.75) is 51.5 Å². The fourth-order valence-corrected chi connectivity index (χ4v) is 3.74. The number of fused-ring (bicyclic) bond motifs is 1. The van der Waals surface area contributed by atoms with E-state index in [1.54, 1.807) is 11.8 Å². The van der Waals surface area contributed by atoms with Crippen molar-refractivity contribution < 1.29 is 4.79 Å². The Morgan fingerprint density at radius 3 is 2.68 bits per heavy atom. The van der Waals surface area contributed by atoms with Crippen LogP contribution in [0.3, 0.4) is 0 Å². The van der Waals surface area contributed by atoms with E-state index in [0.29, 0.717) is 5.75 Å². The van der Waals surface area contributed by atoms with Crippen molar-refractivity contribution in [3.05, 3.63) is 47.3 Å². The summed E-state index contributed by atoms with van der Waals surface area (Å²) in [5, 5.41) is 7.78. The van der Waals surface area contributed by atoms with Crippen LogP contribution in [0.1, 0.15) is 56.5 Å². The molecule has 1 aliphatic rings. The highest BCUT2D eigenvalue weighted by molar-refractivity contribution is 7.99. The SMILES string of the molecule is CSCC(=O)N[C@H]1CCCc2c1cnn2-c1ccc(C(C)(C)C)cc1. The minimum absolute atomic E-state index is 0.0889. The van der Waals surface area contributed by atoms with Crippen molar-refractivity contribution in [1.29, 1.82) is 0 Å². The molecule has 1 heterocycles. The van der Waals surface area contributed by atoms with Gasteiger partial charge in [0.1, 0.15) is 0 Å². The average Bonchev–Trinajstić information content (AvgIpc) is 2.99. The highest BCUT2D eigenvalue weighted by Gasteiger charge is 2.26. The molecule has 1 N–H and O–H groups in total. The minimum Gasteiger partial charge on any atom is -0.348 e. The zero-order valence-corrected chi connectivity index (χ0v) is 16.3. The number of benzene rings is 1. The van der Waals surface area contributed by atoms with Crippen LogP contribution in [-0.4, -0.2) is 27.7 Å². The Labute approximate surface area is 154 Å². The lowest BCUT2D eigenvalue weighted by Crippen LogP contribution is -2.32. The Bertz CT molecular complexity index is 743. The molecule has 3 rings (SSSR count). The first-order valence-electron chi connectivity index (χ1n) is 8.86. The molecule has 0 aliphatic heterocycles. The molecule has 0 saturated heterocycles. The lowest BCUT2D eigenvalue weighted by molar-refractivity contribution is -0.119. The molecule has 1 atom stereocenters. The number of rotatable bonds is 4. The molecule has 0 unspecified atom stereocenters. The highest BCUT2D eigenvalue weighted by Crippen LogP contribution is 2.31. The number of hydrogen-bond donors (Lipinski definition) is 1. The zero-order chi connectivity index (χ0) is 18.0. The molecule has 0 radical (unpaired) electrons. The predicted molar refractivity (Wildman–Crippen MR) is 104 cm³/mol. The Morgan fingerprint density at radius 2 is 2.04 bits per heavy atom. The van der Waals surface area contributed by atoms with E-state index < -0.39 is 0 Å². The largest absolute Gasteiger partial charge is 0.348 e. The maximum atomic E-state index is 12.0. The van der Waals surface area contributed by atoms with E-state index in [4.69, 9.17) is 0 Å². The van der Waals surface area contributed by atoms with Gasteiger partial charge in [-0.1, -0.05) is 32.9 Å². The summed E-state index contributed by atoms with van der Waals surface area (Å²) in [6.45, 7) is 6.67. The maximum absolute atomic E-state index is 12.0. The van der Waals surface area contributed by atoms with E-state index >= 15 is 0 Å². The summed E-state index contributed by atoms with van der Waals surface area (Å²) < 4.78 is 2.04. The molecule has 0 bridgehead atoms. The number of amides is 1. The molecule has 2 aromatic rings. The van der Waals surface area contributed by atoms with Gasteiger partial charge in [-0.15, -0.1) is 0 Å². The van der Waals surface area contributed by atoms with Gasteiger partial charge >= 0.3 is 0 Å². The summed E-state index contributed by atoms with van der Waals surface area (Å²) >= 11 is 1.55. The molecule has 1 amide bonds. The number of aromatic nitrogens is 2. The van der Waals surface area contributed by atoms with Gasteiger partial charge in [-0.05, 0) is 48.6 Å². The van der Waals surface area contributed by atoms with Gasteiger partial charge in [0.25, 0.3) is 0 Å². The molecule has 0 fully saturated rings. The molecular formula is C20H27N3OS.